The van der Waals surface area contributed by atoms with Gasteiger partial charge in [-0.05, 0) is 49.4 Å². The van der Waals surface area contributed by atoms with E-state index in [0.717, 1.165) is 25.5 Å². The van der Waals surface area contributed by atoms with Crippen LogP contribution in [0.5, 0.6) is 5.88 Å². The Bertz CT molecular complexity index is 885. The molecule has 1 aromatic heterocycles. The molecule has 2 heterocycles. The van der Waals surface area contributed by atoms with Crippen LogP contribution in [-0.4, -0.2) is 41.8 Å². The van der Waals surface area contributed by atoms with Gasteiger partial charge in [-0.1, -0.05) is 50.1 Å². The Morgan fingerprint density at radius 1 is 1.19 bits per heavy atom. The summed E-state index contributed by atoms with van der Waals surface area (Å²) in [6.45, 7) is 5.10. The van der Waals surface area contributed by atoms with Crippen molar-refractivity contribution in [1.29, 1.82) is 0 Å². The average Bonchev–Trinajstić information content (AvgIpc) is 3.28. The number of nitrogens with zero attached hydrogens (tertiary/aromatic N) is 3. The number of ether oxygens (including phenoxy) is 1. The molecule has 0 bridgehead atoms. The summed E-state index contributed by atoms with van der Waals surface area (Å²) in [6.07, 6.45) is 7.32. The monoisotopic (exact) mass is 439 g/mol. The Balaban J connectivity index is 1.44. The van der Waals surface area contributed by atoms with Gasteiger partial charge in [0.15, 0.2) is 5.11 Å². The lowest BCUT2D eigenvalue weighted by atomic mass is 9.79. The van der Waals surface area contributed by atoms with Crippen molar-refractivity contribution >= 4 is 29.1 Å². The summed E-state index contributed by atoms with van der Waals surface area (Å²) in [7, 11) is 1.63. The lowest BCUT2D eigenvalue weighted by molar-refractivity contribution is 0.396. The molecule has 31 heavy (non-hydrogen) atoms. The highest BCUT2D eigenvalue weighted by molar-refractivity contribution is 7.80. The molecule has 1 saturated carbocycles. The van der Waals surface area contributed by atoms with Crippen molar-refractivity contribution < 1.29 is 4.74 Å². The molecule has 166 valence electrons. The fourth-order valence-electron chi connectivity index (χ4n) is 4.94. The van der Waals surface area contributed by atoms with Crippen molar-refractivity contribution in [3.63, 3.8) is 0 Å². The summed E-state index contributed by atoms with van der Waals surface area (Å²) in [5.74, 6) is 2.57. The van der Waals surface area contributed by atoms with E-state index < -0.39 is 0 Å². The van der Waals surface area contributed by atoms with Crippen molar-refractivity contribution in [3.05, 3.63) is 42.0 Å². The molecule has 2 aromatic rings. The first-order valence-electron chi connectivity index (χ1n) is 11.4. The summed E-state index contributed by atoms with van der Waals surface area (Å²) < 4.78 is 5.43. The Morgan fingerprint density at radius 2 is 1.97 bits per heavy atom. The quantitative estimate of drug-likeness (QED) is 0.642. The third kappa shape index (κ3) is 5.26. The number of rotatable bonds is 6. The zero-order valence-electron chi connectivity index (χ0n) is 18.6. The Labute approximate surface area is 190 Å². The lowest BCUT2D eigenvalue weighted by Gasteiger charge is -2.32. The number of anilines is 2. The van der Waals surface area contributed by atoms with E-state index in [0.29, 0.717) is 22.9 Å². The van der Waals surface area contributed by atoms with E-state index in [1.165, 1.54) is 44.1 Å². The largest absolute Gasteiger partial charge is 0.481 e. The number of methoxy groups -OCH3 is 1. The minimum atomic E-state index is 0.136. The summed E-state index contributed by atoms with van der Waals surface area (Å²) in [4.78, 5) is 11.5. The van der Waals surface area contributed by atoms with Crippen LogP contribution in [-0.2, 0) is 5.41 Å². The molecular formula is C24H33N5OS. The Morgan fingerprint density at radius 3 is 2.68 bits per heavy atom. The van der Waals surface area contributed by atoms with Crippen molar-refractivity contribution in [1.82, 2.24) is 15.3 Å². The van der Waals surface area contributed by atoms with Crippen molar-refractivity contribution in [2.24, 2.45) is 5.92 Å². The van der Waals surface area contributed by atoms with Gasteiger partial charge in [0.25, 0.3) is 0 Å². The van der Waals surface area contributed by atoms with Gasteiger partial charge in [-0.15, -0.1) is 0 Å². The van der Waals surface area contributed by atoms with E-state index in [1.807, 2.05) is 6.07 Å². The van der Waals surface area contributed by atoms with Gasteiger partial charge in [0.05, 0.1) is 7.11 Å². The second kappa shape index (κ2) is 9.81. The van der Waals surface area contributed by atoms with Crippen LogP contribution in [0.4, 0.5) is 11.8 Å². The standard InChI is InChI=1S/C24H33N5OS/c1-18-9-8-14-29(16-18)20-15-21(30-2)27-22(26-20)28-23(31)25-17-24(12-6-7-13-24)19-10-4-3-5-11-19/h3-5,10-11,15,18H,6-9,12-14,16-17H2,1-2H3,(H2,25,26,27,28,31)/t18-/m0/s1. The second-order valence-electron chi connectivity index (χ2n) is 8.95. The van der Waals surface area contributed by atoms with Crippen LogP contribution in [0, 0.1) is 5.92 Å². The minimum Gasteiger partial charge on any atom is -0.481 e. The molecule has 2 fully saturated rings. The molecule has 0 amide bonds. The van der Waals surface area contributed by atoms with Crippen LogP contribution in [0.15, 0.2) is 36.4 Å². The SMILES string of the molecule is COc1cc(N2CCC[C@H](C)C2)nc(NC(=S)NCC2(c3ccccc3)CCCC2)n1. The van der Waals surface area contributed by atoms with Gasteiger partial charge in [0.2, 0.25) is 11.8 Å². The van der Waals surface area contributed by atoms with Gasteiger partial charge < -0.3 is 20.3 Å². The normalized spacial score (nSPS) is 20.3. The van der Waals surface area contributed by atoms with Crippen molar-refractivity contribution in [2.45, 2.75) is 50.9 Å². The molecule has 2 aliphatic rings. The van der Waals surface area contributed by atoms with Gasteiger partial charge in [0, 0.05) is 31.1 Å². The van der Waals surface area contributed by atoms with Crippen LogP contribution >= 0.6 is 12.2 Å². The molecule has 1 aliphatic heterocycles. The van der Waals surface area contributed by atoms with Gasteiger partial charge in [-0.25, -0.2) is 0 Å². The van der Waals surface area contributed by atoms with Crippen LogP contribution in [0.2, 0.25) is 0 Å². The molecular weight excluding hydrogens is 406 g/mol. The minimum absolute atomic E-state index is 0.136. The van der Waals surface area contributed by atoms with Gasteiger partial charge in [0.1, 0.15) is 5.82 Å². The molecule has 0 radical (unpaired) electrons. The first-order valence-corrected chi connectivity index (χ1v) is 11.8. The predicted octanol–water partition coefficient (Wildman–Crippen LogP) is 4.52. The highest BCUT2D eigenvalue weighted by Crippen LogP contribution is 2.40. The molecule has 1 atom stereocenters. The zero-order valence-corrected chi connectivity index (χ0v) is 19.4. The second-order valence-corrected chi connectivity index (χ2v) is 9.35. The number of benzene rings is 1. The Kier molecular flexibility index (Phi) is 6.90. The summed E-state index contributed by atoms with van der Waals surface area (Å²) in [5, 5.41) is 7.18. The number of aromatic nitrogens is 2. The third-order valence-electron chi connectivity index (χ3n) is 6.64. The summed E-state index contributed by atoms with van der Waals surface area (Å²) >= 11 is 5.61. The molecule has 1 saturated heterocycles. The van der Waals surface area contributed by atoms with E-state index in [1.54, 1.807) is 7.11 Å². The van der Waals surface area contributed by atoms with Crippen LogP contribution in [0.3, 0.4) is 0 Å². The molecule has 1 aliphatic carbocycles. The maximum Gasteiger partial charge on any atom is 0.234 e. The highest BCUT2D eigenvalue weighted by Gasteiger charge is 2.35. The predicted molar refractivity (Wildman–Crippen MR) is 130 cm³/mol. The first kappa shape index (κ1) is 21.8. The van der Waals surface area contributed by atoms with Gasteiger partial charge >= 0.3 is 0 Å². The van der Waals surface area contributed by atoms with Gasteiger partial charge in [-0.3, -0.25) is 0 Å². The molecule has 1 aromatic carbocycles. The summed E-state index contributed by atoms with van der Waals surface area (Å²) in [5.41, 5.74) is 1.53. The van der Waals surface area contributed by atoms with E-state index in [2.05, 4.69) is 57.8 Å². The summed E-state index contributed by atoms with van der Waals surface area (Å²) in [6, 6.07) is 12.7. The topological polar surface area (TPSA) is 62.3 Å². The fraction of sp³-hybridized carbons (Fsp3) is 0.542. The van der Waals surface area contributed by atoms with E-state index in [-0.39, 0.29) is 5.41 Å². The zero-order chi connectivity index (χ0) is 21.7. The number of nitrogens with one attached hydrogen (secondary N) is 2. The van der Waals surface area contributed by atoms with Crippen molar-refractivity contribution in [3.8, 4) is 5.88 Å². The Hall–Kier alpha value is -2.41. The molecule has 4 rings (SSSR count). The highest BCUT2D eigenvalue weighted by atomic mass is 32.1. The third-order valence-corrected chi connectivity index (χ3v) is 6.89. The fourth-order valence-corrected chi connectivity index (χ4v) is 5.10. The molecule has 2 N–H and O–H groups in total. The molecule has 0 spiro atoms. The first-order chi connectivity index (χ1) is 15.1. The molecule has 6 nitrogen and oxygen atoms in total. The molecule has 7 heteroatoms. The average molecular weight is 440 g/mol. The smallest absolute Gasteiger partial charge is 0.234 e. The maximum atomic E-state index is 5.61. The van der Waals surface area contributed by atoms with Crippen LogP contribution in [0.1, 0.15) is 51.0 Å². The van der Waals surface area contributed by atoms with Gasteiger partial charge in [-0.2, -0.15) is 9.97 Å². The van der Waals surface area contributed by atoms with E-state index in [4.69, 9.17) is 21.9 Å². The van der Waals surface area contributed by atoms with Crippen LogP contribution in [0.25, 0.3) is 0 Å². The number of hydrogen-bond donors (Lipinski definition) is 2. The number of hydrogen-bond acceptors (Lipinski definition) is 5. The maximum absolute atomic E-state index is 5.61. The lowest BCUT2D eigenvalue weighted by Crippen LogP contribution is -2.41. The number of thiocarbonyl (C=S) groups is 1. The van der Waals surface area contributed by atoms with E-state index >= 15 is 0 Å². The molecule has 0 unspecified atom stereocenters. The number of piperidine rings is 1. The van der Waals surface area contributed by atoms with Crippen LogP contribution < -0.4 is 20.3 Å². The van der Waals surface area contributed by atoms with E-state index in [9.17, 15) is 0 Å². The van der Waals surface area contributed by atoms with Crippen molar-refractivity contribution in [2.75, 3.05) is 37.0 Å².